The van der Waals surface area contributed by atoms with Gasteiger partial charge in [-0.05, 0) is 13.0 Å². The molecule has 1 amide bonds. The fourth-order valence-electron chi connectivity index (χ4n) is 0.496. The lowest BCUT2D eigenvalue weighted by atomic mass is 10.0. The summed E-state index contributed by atoms with van der Waals surface area (Å²) < 4.78 is 0. The second-order valence-corrected chi connectivity index (χ2v) is 2.04. The maximum atomic E-state index is 10.5. The number of nitrogens with two attached hydrogens (primary N) is 1. The Morgan fingerprint density at radius 1 is 1.78 bits per heavy atom. The lowest BCUT2D eigenvalue weighted by Gasteiger charge is -2.08. The van der Waals surface area contributed by atoms with Crippen LogP contribution in [0.1, 0.15) is 6.92 Å². The number of hydrogen-bond acceptors (Lipinski definition) is 3. The topological polar surface area (TPSA) is 67.8 Å². The van der Waals surface area contributed by atoms with Crippen LogP contribution in [-0.2, 0) is 4.79 Å². The smallest absolute Gasteiger partial charge is 0.251 e. The van der Waals surface area contributed by atoms with Gasteiger partial charge in [-0.3, -0.25) is 4.79 Å². The van der Waals surface area contributed by atoms with Crippen LogP contribution in [0.15, 0.2) is 22.5 Å². The van der Waals surface area contributed by atoms with Crippen molar-refractivity contribution in [1.82, 2.24) is 0 Å². The molecule has 9 heavy (non-hydrogen) atoms. The molecule has 2 N–H and O–H groups in total. The van der Waals surface area contributed by atoms with E-state index in [2.05, 4.69) is 10.2 Å². The van der Waals surface area contributed by atoms with Gasteiger partial charge in [-0.2, -0.15) is 10.2 Å². The molecule has 0 spiro atoms. The van der Waals surface area contributed by atoms with Crippen LogP contribution in [-0.4, -0.2) is 11.4 Å². The van der Waals surface area contributed by atoms with Crippen molar-refractivity contribution in [3.8, 4) is 0 Å². The van der Waals surface area contributed by atoms with Crippen LogP contribution in [0.5, 0.6) is 0 Å². The van der Waals surface area contributed by atoms with Gasteiger partial charge in [0.2, 0.25) is 0 Å². The van der Waals surface area contributed by atoms with Crippen molar-refractivity contribution in [3.63, 3.8) is 0 Å². The molecular weight excluding hydrogens is 118 g/mol. The minimum Gasteiger partial charge on any atom is -0.367 e. The third-order valence-electron chi connectivity index (χ3n) is 1.23. The summed E-state index contributed by atoms with van der Waals surface area (Å²) in [5.74, 6) is -0.472. The van der Waals surface area contributed by atoms with Gasteiger partial charge in [0.15, 0.2) is 5.54 Å². The monoisotopic (exact) mass is 125 g/mol. The summed E-state index contributed by atoms with van der Waals surface area (Å²) in [4.78, 5) is 10.5. The van der Waals surface area contributed by atoms with Crippen LogP contribution < -0.4 is 5.73 Å². The zero-order valence-electron chi connectivity index (χ0n) is 5.03. The fourth-order valence-corrected chi connectivity index (χ4v) is 0.496. The standard InChI is InChI=1S/C5H7N3O/c1-5(4(6)9)2-3-7-8-5/h2-3H,1H3,(H2,6,9). The lowest BCUT2D eigenvalue weighted by Crippen LogP contribution is -2.35. The molecule has 4 heteroatoms. The van der Waals surface area contributed by atoms with Gasteiger partial charge < -0.3 is 5.73 Å². The minimum absolute atomic E-state index is 0.472. The van der Waals surface area contributed by atoms with E-state index in [4.69, 9.17) is 5.73 Å². The molecule has 1 aliphatic rings. The summed E-state index contributed by atoms with van der Waals surface area (Å²) in [5, 5.41) is 7.11. The molecule has 1 rings (SSSR count). The average molecular weight is 125 g/mol. The summed E-state index contributed by atoms with van der Waals surface area (Å²) >= 11 is 0. The van der Waals surface area contributed by atoms with Crippen molar-refractivity contribution in [2.24, 2.45) is 16.0 Å². The number of rotatable bonds is 1. The van der Waals surface area contributed by atoms with Gasteiger partial charge in [0.05, 0.1) is 0 Å². The Bertz CT molecular complexity index is 182. The maximum absolute atomic E-state index is 10.5. The quantitative estimate of drug-likeness (QED) is 0.534. The van der Waals surface area contributed by atoms with Crippen molar-refractivity contribution in [2.45, 2.75) is 12.5 Å². The van der Waals surface area contributed by atoms with E-state index in [0.29, 0.717) is 0 Å². The van der Waals surface area contributed by atoms with Crippen molar-refractivity contribution in [3.05, 3.63) is 12.3 Å². The Kier molecular flexibility index (Phi) is 1.09. The molecule has 0 radical (unpaired) electrons. The van der Waals surface area contributed by atoms with Gasteiger partial charge in [0.25, 0.3) is 5.91 Å². The molecule has 0 saturated carbocycles. The molecular formula is C5H7N3O. The number of carbonyl (C=O) groups excluding carboxylic acids is 1. The van der Waals surface area contributed by atoms with Crippen molar-refractivity contribution < 1.29 is 4.79 Å². The van der Waals surface area contributed by atoms with E-state index in [1.54, 1.807) is 13.0 Å². The van der Waals surface area contributed by atoms with E-state index in [1.807, 2.05) is 0 Å². The van der Waals surface area contributed by atoms with Crippen LogP contribution >= 0.6 is 0 Å². The number of nitrogens with zero attached hydrogens (tertiary/aromatic N) is 2. The molecule has 1 atom stereocenters. The highest BCUT2D eigenvalue weighted by Crippen LogP contribution is 2.16. The molecule has 48 valence electrons. The Balaban J connectivity index is 2.88. The maximum Gasteiger partial charge on any atom is 0.251 e. The Morgan fingerprint density at radius 3 is 2.67 bits per heavy atom. The average Bonchev–Trinajstić information content (AvgIpc) is 2.16. The van der Waals surface area contributed by atoms with Crippen molar-refractivity contribution in [2.75, 3.05) is 0 Å². The van der Waals surface area contributed by atoms with Crippen LogP contribution in [0.2, 0.25) is 0 Å². The Morgan fingerprint density at radius 2 is 2.44 bits per heavy atom. The van der Waals surface area contributed by atoms with Gasteiger partial charge in [-0.1, -0.05) is 0 Å². The second-order valence-electron chi connectivity index (χ2n) is 2.04. The van der Waals surface area contributed by atoms with E-state index < -0.39 is 11.4 Å². The molecule has 4 nitrogen and oxygen atoms in total. The number of primary amides is 1. The van der Waals surface area contributed by atoms with E-state index in [9.17, 15) is 4.79 Å². The summed E-state index contributed by atoms with van der Waals surface area (Å²) in [7, 11) is 0. The minimum atomic E-state index is -0.889. The molecule has 0 aliphatic carbocycles. The summed E-state index contributed by atoms with van der Waals surface area (Å²) in [6.45, 7) is 1.61. The summed E-state index contributed by atoms with van der Waals surface area (Å²) in [6.07, 6.45) is 3.03. The van der Waals surface area contributed by atoms with Gasteiger partial charge in [0.1, 0.15) is 0 Å². The third kappa shape index (κ3) is 0.826. The van der Waals surface area contributed by atoms with E-state index in [0.717, 1.165) is 0 Å². The number of azo groups is 1. The summed E-state index contributed by atoms with van der Waals surface area (Å²) in [6, 6.07) is 0. The second kappa shape index (κ2) is 1.65. The first kappa shape index (κ1) is 5.94. The molecule has 0 fully saturated rings. The largest absolute Gasteiger partial charge is 0.367 e. The molecule has 1 unspecified atom stereocenters. The number of amides is 1. The highest BCUT2D eigenvalue weighted by Gasteiger charge is 2.29. The predicted molar refractivity (Wildman–Crippen MR) is 31.6 cm³/mol. The zero-order chi connectivity index (χ0) is 6.91. The third-order valence-corrected chi connectivity index (χ3v) is 1.23. The number of carbonyl (C=O) groups is 1. The van der Waals surface area contributed by atoms with E-state index in [-0.39, 0.29) is 0 Å². The fraction of sp³-hybridized carbons (Fsp3) is 0.400. The van der Waals surface area contributed by atoms with Crippen LogP contribution in [0.4, 0.5) is 0 Å². The molecule has 1 heterocycles. The van der Waals surface area contributed by atoms with Crippen molar-refractivity contribution in [1.29, 1.82) is 0 Å². The highest BCUT2D eigenvalue weighted by molar-refractivity contribution is 5.86. The van der Waals surface area contributed by atoms with Gasteiger partial charge in [0, 0.05) is 6.20 Å². The highest BCUT2D eigenvalue weighted by atomic mass is 16.1. The molecule has 0 bridgehead atoms. The van der Waals surface area contributed by atoms with Crippen molar-refractivity contribution >= 4 is 5.91 Å². The Labute approximate surface area is 52.5 Å². The molecule has 0 aromatic rings. The lowest BCUT2D eigenvalue weighted by molar-refractivity contribution is -0.121. The van der Waals surface area contributed by atoms with Gasteiger partial charge in [-0.15, -0.1) is 0 Å². The van der Waals surface area contributed by atoms with Crippen LogP contribution in [0.25, 0.3) is 0 Å². The van der Waals surface area contributed by atoms with E-state index >= 15 is 0 Å². The van der Waals surface area contributed by atoms with Gasteiger partial charge >= 0.3 is 0 Å². The molecule has 1 aliphatic heterocycles. The predicted octanol–water partition coefficient (Wildman–Crippen LogP) is 0.210. The number of hydrogen-bond donors (Lipinski definition) is 1. The summed E-state index contributed by atoms with van der Waals surface area (Å²) in [5.41, 5.74) is 4.10. The SMILES string of the molecule is CC1(C(N)=O)C=CN=N1. The first-order valence-corrected chi connectivity index (χ1v) is 2.55. The van der Waals surface area contributed by atoms with Crippen LogP contribution in [0, 0.1) is 0 Å². The normalized spacial score (nSPS) is 31.2. The molecule has 0 aromatic heterocycles. The van der Waals surface area contributed by atoms with Gasteiger partial charge in [-0.25, -0.2) is 0 Å². The first-order chi connectivity index (χ1) is 4.15. The Hall–Kier alpha value is -1.19. The molecule has 0 saturated heterocycles. The first-order valence-electron chi connectivity index (χ1n) is 2.55. The van der Waals surface area contributed by atoms with Crippen LogP contribution in [0.3, 0.4) is 0 Å². The van der Waals surface area contributed by atoms with E-state index in [1.165, 1.54) is 6.20 Å². The molecule has 0 aromatic carbocycles. The zero-order valence-corrected chi connectivity index (χ0v) is 5.03.